The quantitative estimate of drug-likeness (QED) is 0.718. The zero-order valence-electron chi connectivity index (χ0n) is 15.1. The third kappa shape index (κ3) is 6.48. The first-order valence-electron chi connectivity index (χ1n) is 9.64. The van der Waals surface area contributed by atoms with Crippen LogP contribution in [0.1, 0.15) is 44.1 Å². The number of benzene rings is 1. The summed E-state index contributed by atoms with van der Waals surface area (Å²) in [6.45, 7) is 5.07. The Bertz CT molecular complexity index is 532. The largest absolute Gasteiger partial charge is 1.00 e. The van der Waals surface area contributed by atoms with Gasteiger partial charge < -0.3 is 22.2 Å². The van der Waals surface area contributed by atoms with Crippen LogP contribution in [-0.2, 0) is 4.79 Å². The second-order valence-electron chi connectivity index (χ2n) is 7.34. The van der Waals surface area contributed by atoms with Gasteiger partial charge in [0.15, 0.2) is 0 Å². The maximum Gasteiger partial charge on any atom is 0.222 e. The number of hydrogen-bond acceptors (Lipinski definition) is 1. The van der Waals surface area contributed by atoms with Crippen molar-refractivity contribution in [1.82, 2.24) is 4.90 Å². The first-order valence-corrected chi connectivity index (χ1v) is 9.64. The molecule has 2 fully saturated rings. The Labute approximate surface area is 158 Å². The molecular weight excluding hydrogens is 332 g/mol. The van der Waals surface area contributed by atoms with Crippen LogP contribution >= 0.6 is 0 Å². The summed E-state index contributed by atoms with van der Waals surface area (Å²) in [6, 6.07) is 10.5. The Kier molecular flexibility index (Phi) is 8.50. The van der Waals surface area contributed by atoms with Gasteiger partial charge in [0.25, 0.3) is 0 Å². The number of nitrogens with one attached hydrogen (secondary N) is 1. The van der Waals surface area contributed by atoms with E-state index in [1.54, 1.807) is 4.90 Å². The number of quaternary nitrogens is 1. The third-order valence-electron chi connectivity index (χ3n) is 5.58. The van der Waals surface area contributed by atoms with E-state index in [0.717, 1.165) is 51.5 Å². The maximum atomic E-state index is 12.4. The fraction of sp³-hybridized carbons (Fsp3) is 0.571. The molecule has 1 aromatic carbocycles. The summed E-state index contributed by atoms with van der Waals surface area (Å²) in [5.74, 6) is 1.21. The van der Waals surface area contributed by atoms with Crippen LogP contribution in [0.4, 0.5) is 0 Å². The molecule has 3 rings (SSSR count). The third-order valence-corrected chi connectivity index (χ3v) is 5.58. The highest BCUT2D eigenvalue weighted by molar-refractivity contribution is 5.76. The van der Waals surface area contributed by atoms with Crippen molar-refractivity contribution in [2.24, 2.45) is 5.92 Å². The Balaban J connectivity index is 0.00000225. The Morgan fingerprint density at radius 1 is 1.12 bits per heavy atom. The Morgan fingerprint density at radius 3 is 2.48 bits per heavy atom. The van der Waals surface area contributed by atoms with Crippen LogP contribution in [0.2, 0.25) is 0 Å². The molecule has 1 amide bonds. The standard InChI is InChI=1S/C21H30N2O.ClH/c24-21(13-12-20-9-4-5-10-20)23-17-15-22(16-18-23)14-6-11-19-7-2-1-3-8-19;/h1-3,6-8,11,20H,4-5,9-10,12-18H2;1H/b11-6+;. The summed E-state index contributed by atoms with van der Waals surface area (Å²) < 4.78 is 0. The molecule has 1 saturated heterocycles. The van der Waals surface area contributed by atoms with Gasteiger partial charge in [-0.15, -0.1) is 0 Å². The van der Waals surface area contributed by atoms with Crippen molar-refractivity contribution in [3.8, 4) is 0 Å². The summed E-state index contributed by atoms with van der Waals surface area (Å²) >= 11 is 0. The normalized spacial score (nSPS) is 19.3. The van der Waals surface area contributed by atoms with E-state index < -0.39 is 0 Å². The van der Waals surface area contributed by atoms with Gasteiger partial charge in [-0.05, 0) is 24.0 Å². The Morgan fingerprint density at radius 2 is 1.80 bits per heavy atom. The molecule has 3 nitrogen and oxygen atoms in total. The van der Waals surface area contributed by atoms with Crippen molar-refractivity contribution in [2.75, 3.05) is 32.7 Å². The number of hydrogen-bond donors (Lipinski definition) is 1. The molecule has 1 aliphatic carbocycles. The highest BCUT2D eigenvalue weighted by Crippen LogP contribution is 2.28. The van der Waals surface area contributed by atoms with Crippen LogP contribution in [0.5, 0.6) is 0 Å². The van der Waals surface area contributed by atoms with Gasteiger partial charge in [-0.25, -0.2) is 0 Å². The van der Waals surface area contributed by atoms with E-state index in [1.807, 2.05) is 6.07 Å². The molecule has 0 unspecified atom stereocenters. The monoisotopic (exact) mass is 362 g/mol. The molecule has 1 aliphatic heterocycles. The molecular formula is C21H31ClN2O. The lowest BCUT2D eigenvalue weighted by Gasteiger charge is -2.32. The van der Waals surface area contributed by atoms with E-state index in [-0.39, 0.29) is 12.4 Å². The average Bonchev–Trinajstić information content (AvgIpc) is 3.15. The van der Waals surface area contributed by atoms with Crippen molar-refractivity contribution in [3.05, 3.63) is 42.0 Å². The van der Waals surface area contributed by atoms with Gasteiger partial charge in [0, 0.05) is 6.42 Å². The molecule has 1 N–H and O–H groups in total. The number of piperazine rings is 1. The van der Waals surface area contributed by atoms with Crippen molar-refractivity contribution >= 4 is 12.0 Å². The van der Waals surface area contributed by atoms with Crippen LogP contribution in [-0.4, -0.2) is 43.5 Å². The molecule has 0 spiro atoms. The highest BCUT2D eigenvalue weighted by Gasteiger charge is 2.24. The maximum absolute atomic E-state index is 12.4. The van der Waals surface area contributed by atoms with E-state index >= 15 is 0 Å². The fourth-order valence-corrected chi connectivity index (χ4v) is 3.99. The van der Waals surface area contributed by atoms with E-state index in [9.17, 15) is 4.79 Å². The van der Waals surface area contributed by atoms with Crippen molar-refractivity contribution < 1.29 is 22.1 Å². The molecule has 0 bridgehead atoms. The van der Waals surface area contributed by atoms with Gasteiger partial charge in [0.05, 0.1) is 32.7 Å². The lowest BCUT2D eigenvalue weighted by molar-refractivity contribution is -0.898. The van der Waals surface area contributed by atoms with Gasteiger partial charge in [0.1, 0.15) is 0 Å². The number of halogens is 1. The highest BCUT2D eigenvalue weighted by atomic mass is 35.5. The molecule has 2 aliphatic rings. The molecule has 25 heavy (non-hydrogen) atoms. The summed E-state index contributed by atoms with van der Waals surface area (Å²) in [5.41, 5.74) is 1.26. The van der Waals surface area contributed by atoms with Crippen LogP contribution in [0, 0.1) is 5.92 Å². The summed E-state index contributed by atoms with van der Waals surface area (Å²) in [4.78, 5) is 16.0. The lowest BCUT2D eigenvalue weighted by atomic mass is 10.0. The second kappa shape index (κ2) is 10.6. The van der Waals surface area contributed by atoms with Crippen LogP contribution in [0.15, 0.2) is 36.4 Å². The predicted molar refractivity (Wildman–Crippen MR) is 98.8 cm³/mol. The van der Waals surface area contributed by atoms with E-state index in [0.29, 0.717) is 5.91 Å². The molecule has 0 atom stereocenters. The molecule has 1 heterocycles. The molecule has 0 radical (unpaired) electrons. The number of rotatable bonds is 6. The van der Waals surface area contributed by atoms with Gasteiger partial charge in [-0.1, -0.05) is 62.1 Å². The molecule has 0 aromatic heterocycles. The van der Waals surface area contributed by atoms with Crippen molar-refractivity contribution in [3.63, 3.8) is 0 Å². The summed E-state index contributed by atoms with van der Waals surface area (Å²) in [7, 11) is 0. The first kappa shape index (κ1) is 20.0. The van der Waals surface area contributed by atoms with Crippen molar-refractivity contribution in [1.29, 1.82) is 0 Å². The SMILES string of the molecule is O=C(CCC1CCCC1)N1CC[NH+](C/C=C/c2ccccc2)CC1.[Cl-]. The van der Waals surface area contributed by atoms with Gasteiger partial charge >= 0.3 is 0 Å². The van der Waals surface area contributed by atoms with Crippen molar-refractivity contribution in [2.45, 2.75) is 38.5 Å². The first-order chi connectivity index (χ1) is 11.8. The Hall–Kier alpha value is -1.32. The second-order valence-corrected chi connectivity index (χ2v) is 7.34. The smallest absolute Gasteiger partial charge is 0.222 e. The minimum absolute atomic E-state index is 0. The summed E-state index contributed by atoms with van der Waals surface area (Å²) in [5, 5.41) is 0. The fourth-order valence-electron chi connectivity index (χ4n) is 3.99. The average molecular weight is 363 g/mol. The van der Waals surface area contributed by atoms with Crippen LogP contribution in [0.3, 0.4) is 0 Å². The zero-order valence-corrected chi connectivity index (χ0v) is 15.9. The zero-order chi connectivity index (χ0) is 16.6. The number of carbonyl (C=O) groups excluding carboxylic acids is 1. The number of carbonyl (C=O) groups is 1. The van der Waals surface area contributed by atoms with Gasteiger partial charge in [-0.2, -0.15) is 0 Å². The topological polar surface area (TPSA) is 24.8 Å². The lowest BCUT2D eigenvalue weighted by Crippen LogP contribution is -3.14. The van der Waals surface area contributed by atoms with Crippen LogP contribution < -0.4 is 17.3 Å². The predicted octanol–water partition coefficient (Wildman–Crippen LogP) is -0.599. The van der Waals surface area contributed by atoms with E-state index in [4.69, 9.17) is 0 Å². The minimum atomic E-state index is 0. The number of nitrogens with zero attached hydrogens (tertiary/aromatic N) is 1. The van der Waals surface area contributed by atoms with Crippen LogP contribution in [0.25, 0.3) is 6.08 Å². The molecule has 1 saturated carbocycles. The minimum Gasteiger partial charge on any atom is -1.00 e. The number of amides is 1. The van der Waals surface area contributed by atoms with Gasteiger partial charge in [0.2, 0.25) is 5.91 Å². The van der Waals surface area contributed by atoms with E-state index in [1.165, 1.54) is 31.2 Å². The van der Waals surface area contributed by atoms with E-state index in [2.05, 4.69) is 41.3 Å². The molecule has 4 heteroatoms. The summed E-state index contributed by atoms with van der Waals surface area (Å²) in [6.07, 6.45) is 11.8. The molecule has 1 aromatic rings. The van der Waals surface area contributed by atoms with Gasteiger partial charge in [-0.3, -0.25) is 4.79 Å². The molecule has 138 valence electrons.